The summed E-state index contributed by atoms with van der Waals surface area (Å²) < 4.78 is 38.5. The van der Waals surface area contributed by atoms with Crippen LogP contribution in [0.4, 0.5) is 13.2 Å². The third-order valence-electron chi connectivity index (χ3n) is 2.34. The van der Waals surface area contributed by atoms with Crippen LogP contribution in [0.15, 0.2) is 36.0 Å². The molecule has 1 aliphatic rings. The second kappa shape index (κ2) is 3.64. The smallest absolute Gasteiger partial charge is 0.170 e. The Hall–Kier alpha value is -0.990. The van der Waals surface area contributed by atoms with Crippen LogP contribution in [0.1, 0.15) is 20.3 Å². The Balaban J connectivity index is 3.09. The van der Waals surface area contributed by atoms with Gasteiger partial charge in [-0.15, -0.1) is 0 Å². The standard InChI is InChI=1S/C11H13F3/c1-3-6-10(11(12,13)14)7-4-5-9(2)8-10/h3-7H,8H2,1-2H3. The number of rotatable bonds is 1. The molecule has 1 aliphatic carbocycles. The topological polar surface area (TPSA) is 0 Å². The lowest BCUT2D eigenvalue weighted by Crippen LogP contribution is -2.35. The molecule has 14 heavy (non-hydrogen) atoms. The Labute approximate surface area is 81.8 Å². The highest BCUT2D eigenvalue weighted by atomic mass is 19.4. The van der Waals surface area contributed by atoms with Crippen molar-refractivity contribution in [2.24, 2.45) is 5.41 Å². The highest BCUT2D eigenvalue weighted by molar-refractivity contribution is 5.29. The average Bonchev–Trinajstić information content (AvgIpc) is 2.02. The van der Waals surface area contributed by atoms with Gasteiger partial charge in [-0.3, -0.25) is 0 Å². The number of halogens is 3. The fourth-order valence-corrected chi connectivity index (χ4v) is 1.66. The number of hydrogen-bond acceptors (Lipinski definition) is 0. The van der Waals surface area contributed by atoms with Gasteiger partial charge in [0.25, 0.3) is 0 Å². The molecule has 0 nitrogen and oxygen atoms in total. The fourth-order valence-electron chi connectivity index (χ4n) is 1.66. The van der Waals surface area contributed by atoms with Crippen LogP contribution in [0.5, 0.6) is 0 Å². The first-order valence-electron chi connectivity index (χ1n) is 4.47. The van der Waals surface area contributed by atoms with E-state index in [4.69, 9.17) is 0 Å². The van der Waals surface area contributed by atoms with Gasteiger partial charge in [-0.2, -0.15) is 13.2 Å². The SMILES string of the molecule is CC=CC1(C(F)(F)F)C=CC=C(C)C1. The normalized spacial score (nSPS) is 28.2. The molecular formula is C11H13F3. The van der Waals surface area contributed by atoms with Crippen molar-refractivity contribution in [1.82, 2.24) is 0 Å². The molecule has 1 rings (SSSR count). The molecule has 1 unspecified atom stereocenters. The zero-order valence-corrected chi connectivity index (χ0v) is 8.23. The number of allylic oxidation sites excluding steroid dienone is 6. The zero-order chi connectivity index (χ0) is 10.8. The van der Waals surface area contributed by atoms with Crippen molar-refractivity contribution in [3.05, 3.63) is 36.0 Å². The van der Waals surface area contributed by atoms with Crippen molar-refractivity contribution in [2.45, 2.75) is 26.4 Å². The van der Waals surface area contributed by atoms with Gasteiger partial charge in [0.1, 0.15) is 5.41 Å². The highest BCUT2D eigenvalue weighted by Crippen LogP contribution is 2.47. The molecule has 3 heteroatoms. The maximum absolute atomic E-state index is 12.8. The molecule has 0 saturated carbocycles. The van der Waals surface area contributed by atoms with Gasteiger partial charge in [0.2, 0.25) is 0 Å². The van der Waals surface area contributed by atoms with E-state index in [0.717, 1.165) is 5.57 Å². The van der Waals surface area contributed by atoms with E-state index in [0.29, 0.717) is 0 Å². The Morgan fingerprint density at radius 2 is 2.07 bits per heavy atom. The van der Waals surface area contributed by atoms with Gasteiger partial charge in [-0.1, -0.05) is 36.0 Å². The summed E-state index contributed by atoms with van der Waals surface area (Å²) in [7, 11) is 0. The maximum Gasteiger partial charge on any atom is 0.401 e. The average molecular weight is 202 g/mol. The van der Waals surface area contributed by atoms with E-state index >= 15 is 0 Å². The molecule has 0 saturated heterocycles. The van der Waals surface area contributed by atoms with Gasteiger partial charge in [-0.25, -0.2) is 0 Å². The zero-order valence-electron chi connectivity index (χ0n) is 8.23. The third-order valence-corrected chi connectivity index (χ3v) is 2.34. The summed E-state index contributed by atoms with van der Waals surface area (Å²) in [6, 6.07) is 0. The minimum Gasteiger partial charge on any atom is -0.170 e. The second-order valence-corrected chi connectivity index (χ2v) is 3.59. The second-order valence-electron chi connectivity index (χ2n) is 3.59. The Kier molecular flexibility index (Phi) is 2.88. The quantitative estimate of drug-likeness (QED) is 0.563. The van der Waals surface area contributed by atoms with E-state index in [9.17, 15) is 13.2 Å². The summed E-state index contributed by atoms with van der Waals surface area (Å²) in [6.07, 6.45) is 2.90. The van der Waals surface area contributed by atoms with Crippen LogP contribution < -0.4 is 0 Å². The summed E-state index contributed by atoms with van der Waals surface area (Å²) in [4.78, 5) is 0. The lowest BCUT2D eigenvalue weighted by atomic mass is 9.77. The molecule has 0 amide bonds. The van der Waals surface area contributed by atoms with Crippen LogP contribution in [0.3, 0.4) is 0 Å². The lowest BCUT2D eigenvalue weighted by Gasteiger charge is -2.32. The molecule has 78 valence electrons. The Bertz CT molecular complexity index is 294. The van der Waals surface area contributed by atoms with Crippen molar-refractivity contribution < 1.29 is 13.2 Å². The molecule has 0 aliphatic heterocycles. The molecule has 0 radical (unpaired) electrons. The fraction of sp³-hybridized carbons (Fsp3) is 0.455. The molecular weight excluding hydrogens is 189 g/mol. The van der Waals surface area contributed by atoms with Crippen LogP contribution in [0, 0.1) is 5.41 Å². The molecule has 0 aromatic carbocycles. The molecule has 0 spiro atoms. The molecule has 0 heterocycles. The monoisotopic (exact) mass is 202 g/mol. The van der Waals surface area contributed by atoms with Gasteiger partial charge >= 0.3 is 6.18 Å². The number of alkyl halides is 3. The predicted octanol–water partition coefficient (Wildman–Crippen LogP) is 4.02. The van der Waals surface area contributed by atoms with Crippen molar-refractivity contribution in [2.75, 3.05) is 0 Å². The minimum absolute atomic E-state index is 0.0251. The van der Waals surface area contributed by atoms with E-state index in [2.05, 4.69) is 0 Å². The predicted molar refractivity (Wildman–Crippen MR) is 50.8 cm³/mol. The first-order valence-corrected chi connectivity index (χ1v) is 4.47. The van der Waals surface area contributed by atoms with Crippen LogP contribution in [-0.4, -0.2) is 6.18 Å². The van der Waals surface area contributed by atoms with E-state index < -0.39 is 11.6 Å². The minimum atomic E-state index is -4.22. The van der Waals surface area contributed by atoms with Crippen LogP contribution in [-0.2, 0) is 0 Å². The van der Waals surface area contributed by atoms with Gasteiger partial charge in [0.05, 0.1) is 0 Å². The van der Waals surface area contributed by atoms with Crippen LogP contribution >= 0.6 is 0 Å². The molecule has 1 atom stereocenters. The molecule has 0 aromatic heterocycles. The van der Waals surface area contributed by atoms with Crippen molar-refractivity contribution in [1.29, 1.82) is 0 Å². The number of hydrogen-bond donors (Lipinski definition) is 0. The summed E-state index contributed by atoms with van der Waals surface area (Å²) in [5.41, 5.74) is -1.04. The van der Waals surface area contributed by atoms with E-state index in [1.54, 1.807) is 19.9 Å². The van der Waals surface area contributed by atoms with Gasteiger partial charge in [0, 0.05) is 0 Å². The first-order chi connectivity index (χ1) is 6.41. The first kappa shape index (κ1) is 11.1. The lowest BCUT2D eigenvalue weighted by molar-refractivity contribution is -0.189. The summed E-state index contributed by atoms with van der Waals surface area (Å²) >= 11 is 0. The highest BCUT2D eigenvalue weighted by Gasteiger charge is 2.51. The van der Waals surface area contributed by atoms with Crippen molar-refractivity contribution >= 4 is 0 Å². The third kappa shape index (κ3) is 1.91. The molecule has 0 aromatic rings. The van der Waals surface area contributed by atoms with Crippen molar-refractivity contribution in [3.8, 4) is 0 Å². The molecule has 0 fully saturated rings. The Morgan fingerprint density at radius 3 is 2.50 bits per heavy atom. The van der Waals surface area contributed by atoms with Crippen LogP contribution in [0.25, 0.3) is 0 Å². The van der Waals surface area contributed by atoms with Gasteiger partial charge < -0.3 is 0 Å². The summed E-state index contributed by atoms with van der Waals surface area (Å²) in [6.45, 7) is 3.32. The Morgan fingerprint density at radius 1 is 1.43 bits per heavy atom. The molecule has 0 bridgehead atoms. The van der Waals surface area contributed by atoms with Crippen molar-refractivity contribution in [3.63, 3.8) is 0 Å². The van der Waals surface area contributed by atoms with E-state index in [1.165, 1.54) is 24.3 Å². The summed E-state index contributed by atoms with van der Waals surface area (Å²) in [5.74, 6) is 0. The van der Waals surface area contributed by atoms with E-state index in [1.807, 2.05) is 0 Å². The largest absolute Gasteiger partial charge is 0.401 e. The van der Waals surface area contributed by atoms with Gasteiger partial charge in [-0.05, 0) is 20.3 Å². The van der Waals surface area contributed by atoms with E-state index in [-0.39, 0.29) is 6.42 Å². The van der Waals surface area contributed by atoms with Crippen LogP contribution in [0.2, 0.25) is 0 Å². The summed E-state index contributed by atoms with van der Waals surface area (Å²) in [5, 5.41) is 0. The molecule has 0 N–H and O–H groups in total. The maximum atomic E-state index is 12.8. The van der Waals surface area contributed by atoms with Gasteiger partial charge in [0.15, 0.2) is 0 Å².